The van der Waals surface area contributed by atoms with Crippen LogP contribution in [-0.4, -0.2) is 25.0 Å². The fraction of sp³-hybridized carbons (Fsp3) is 0.176. The van der Waals surface area contributed by atoms with E-state index in [4.69, 9.17) is 4.74 Å². The van der Waals surface area contributed by atoms with E-state index in [0.717, 1.165) is 17.7 Å². The van der Waals surface area contributed by atoms with Gasteiger partial charge in [0.1, 0.15) is 5.82 Å². The van der Waals surface area contributed by atoms with Crippen molar-refractivity contribution < 1.29 is 18.7 Å². The van der Waals surface area contributed by atoms with E-state index >= 15 is 0 Å². The maximum Gasteiger partial charge on any atom is 0.338 e. The normalized spacial score (nSPS) is 10.0. The summed E-state index contributed by atoms with van der Waals surface area (Å²) < 4.78 is 17.6. The summed E-state index contributed by atoms with van der Waals surface area (Å²) in [5, 5.41) is 2.67. The molecule has 0 saturated carbocycles. The predicted molar refractivity (Wildman–Crippen MR) is 79.8 cm³/mol. The van der Waals surface area contributed by atoms with Crippen LogP contribution in [0.25, 0.3) is 0 Å². The van der Waals surface area contributed by atoms with Crippen LogP contribution in [0.1, 0.15) is 15.9 Å². The third-order valence-corrected chi connectivity index (χ3v) is 2.99. The minimum atomic E-state index is -0.654. The van der Waals surface area contributed by atoms with Crippen LogP contribution >= 0.6 is 0 Å². The molecular weight excluding hydrogens is 285 g/mol. The predicted octanol–water partition coefficient (Wildman–Crippen LogP) is 2.34. The lowest BCUT2D eigenvalue weighted by Crippen LogP contribution is -2.30. The van der Waals surface area contributed by atoms with Crippen molar-refractivity contribution in [2.45, 2.75) is 6.42 Å². The zero-order chi connectivity index (χ0) is 15.8. The summed E-state index contributed by atoms with van der Waals surface area (Å²) in [7, 11) is 0. The summed E-state index contributed by atoms with van der Waals surface area (Å²) in [6, 6.07) is 14.7. The number of rotatable bonds is 6. The first-order chi connectivity index (χ1) is 10.6. The van der Waals surface area contributed by atoms with Gasteiger partial charge in [0, 0.05) is 6.54 Å². The van der Waals surface area contributed by atoms with Gasteiger partial charge in [0.05, 0.1) is 5.56 Å². The summed E-state index contributed by atoms with van der Waals surface area (Å²) in [4.78, 5) is 23.2. The van der Waals surface area contributed by atoms with Crippen LogP contribution in [0.3, 0.4) is 0 Å². The van der Waals surface area contributed by atoms with E-state index in [9.17, 15) is 14.0 Å². The van der Waals surface area contributed by atoms with Gasteiger partial charge < -0.3 is 10.1 Å². The van der Waals surface area contributed by atoms with Crippen LogP contribution in [0.5, 0.6) is 0 Å². The summed E-state index contributed by atoms with van der Waals surface area (Å²) in [5.74, 6) is -1.46. The quantitative estimate of drug-likeness (QED) is 0.833. The third-order valence-electron chi connectivity index (χ3n) is 2.99. The van der Waals surface area contributed by atoms with Crippen molar-refractivity contribution in [2.75, 3.05) is 13.2 Å². The highest BCUT2D eigenvalue weighted by Crippen LogP contribution is 2.04. The number of benzene rings is 2. The molecule has 2 rings (SSSR count). The number of esters is 1. The molecule has 0 heterocycles. The van der Waals surface area contributed by atoms with E-state index < -0.39 is 11.8 Å². The lowest BCUT2D eigenvalue weighted by Gasteiger charge is -2.07. The number of hydrogen-bond donors (Lipinski definition) is 1. The molecule has 2 aromatic rings. The average molecular weight is 301 g/mol. The Morgan fingerprint density at radius 1 is 1.00 bits per heavy atom. The van der Waals surface area contributed by atoms with Crippen LogP contribution < -0.4 is 5.32 Å². The SMILES string of the molecule is O=C(COC(=O)c1ccc(F)cc1)NCCc1ccccc1. The molecular formula is C17H16FNO3. The maximum atomic E-state index is 12.7. The van der Waals surface area contributed by atoms with Crippen LogP contribution in [0.2, 0.25) is 0 Å². The lowest BCUT2D eigenvalue weighted by molar-refractivity contribution is -0.124. The van der Waals surface area contributed by atoms with Crippen molar-refractivity contribution >= 4 is 11.9 Å². The molecule has 0 fully saturated rings. The molecule has 1 amide bonds. The van der Waals surface area contributed by atoms with Gasteiger partial charge in [-0.15, -0.1) is 0 Å². The highest BCUT2D eigenvalue weighted by Gasteiger charge is 2.09. The van der Waals surface area contributed by atoms with Gasteiger partial charge in [-0.05, 0) is 36.2 Å². The second-order valence-corrected chi connectivity index (χ2v) is 4.67. The van der Waals surface area contributed by atoms with Crippen LogP contribution in [0.15, 0.2) is 54.6 Å². The Labute approximate surface area is 127 Å². The highest BCUT2D eigenvalue weighted by molar-refractivity contribution is 5.91. The summed E-state index contributed by atoms with van der Waals surface area (Å²) in [5.41, 5.74) is 1.32. The average Bonchev–Trinajstić information content (AvgIpc) is 2.54. The molecule has 0 aliphatic heterocycles. The van der Waals surface area contributed by atoms with Gasteiger partial charge in [-0.3, -0.25) is 4.79 Å². The van der Waals surface area contributed by atoms with Gasteiger partial charge in [0.15, 0.2) is 6.61 Å². The number of hydrogen-bond acceptors (Lipinski definition) is 3. The van der Waals surface area contributed by atoms with E-state index in [1.165, 1.54) is 12.1 Å². The minimum absolute atomic E-state index is 0.207. The number of halogens is 1. The summed E-state index contributed by atoms with van der Waals surface area (Å²) in [6.07, 6.45) is 0.707. The van der Waals surface area contributed by atoms with Gasteiger partial charge >= 0.3 is 5.97 Å². The van der Waals surface area contributed by atoms with E-state index in [0.29, 0.717) is 13.0 Å². The fourth-order valence-corrected chi connectivity index (χ4v) is 1.84. The minimum Gasteiger partial charge on any atom is -0.452 e. The van der Waals surface area contributed by atoms with Crippen molar-refractivity contribution in [1.29, 1.82) is 0 Å². The molecule has 22 heavy (non-hydrogen) atoms. The van der Waals surface area contributed by atoms with Crippen LogP contribution in [-0.2, 0) is 16.0 Å². The number of carbonyl (C=O) groups is 2. The van der Waals surface area contributed by atoms with E-state index in [1.807, 2.05) is 30.3 Å². The van der Waals surface area contributed by atoms with Gasteiger partial charge in [-0.1, -0.05) is 30.3 Å². The van der Waals surface area contributed by atoms with Gasteiger partial charge in [-0.2, -0.15) is 0 Å². The van der Waals surface area contributed by atoms with Crippen LogP contribution in [0, 0.1) is 5.82 Å². The van der Waals surface area contributed by atoms with E-state index in [1.54, 1.807) is 0 Å². The molecule has 5 heteroatoms. The van der Waals surface area contributed by atoms with Gasteiger partial charge in [0.25, 0.3) is 5.91 Å². The number of carbonyl (C=O) groups excluding carboxylic acids is 2. The second kappa shape index (κ2) is 7.93. The maximum absolute atomic E-state index is 12.7. The summed E-state index contributed by atoms with van der Waals surface area (Å²) >= 11 is 0. The van der Waals surface area contributed by atoms with Crippen molar-refractivity contribution in [3.8, 4) is 0 Å². The molecule has 4 nitrogen and oxygen atoms in total. The Balaban J connectivity index is 1.69. The zero-order valence-corrected chi connectivity index (χ0v) is 11.9. The first kappa shape index (κ1) is 15.7. The van der Waals surface area contributed by atoms with Crippen molar-refractivity contribution in [3.05, 3.63) is 71.5 Å². The molecule has 0 bridgehead atoms. The van der Waals surface area contributed by atoms with Crippen molar-refractivity contribution in [3.63, 3.8) is 0 Å². The second-order valence-electron chi connectivity index (χ2n) is 4.67. The molecule has 0 aromatic heterocycles. The molecule has 0 atom stereocenters. The molecule has 0 aliphatic carbocycles. The van der Waals surface area contributed by atoms with E-state index in [2.05, 4.69) is 5.32 Å². The Morgan fingerprint density at radius 3 is 2.36 bits per heavy atom. The Kier molecular flexibility index (Phi) is 5.65. The standard InChI is InChI=1S/C17H16FNO3/c18-15-8-6-14(7-9-15)17(21)22-12-16(20)19-11-10-13-4-2-1-3-5-13/h1-9H,10-12H2,(H,19,20). The first-order valence-electron chi connectivity index (χ1n) is 6.88. The number of amides is 1. The molecule has 2 aromatic carbocycles. The van der Waals surface area contributed by atoms with Gasteiger partial charge in [-0.25, -0.2) is 9.18 Å². The topological polar surface area (TPSA) is 55.4 Å². The first-order valence-corrected chi connectivity index (χ1v) is 6.88. The smallest absolute Gasteiger partial charge is 0.338 e. The molecule has 0 aliphatic rings. The van der Waals surface area contributed by atoms with Gasteiger partial charge in [0.2, 0.25) is 0 Å². The molecule has 0 radical (unpaired) electrons. The molecule has 0 spiro atoms. The third kappa shape index (κ3) is 5.01. The molecule has 114 valence electrons. The molecule has 1 N–H and O–H groups in total. The van der Waals surface area contributed by atoms with Crippen molar-refractivity contribution in [1.82, 2.24) is 5.32 Å². The lowest BCUT2D eigenvalue weighted by atomic mass is 10.1. The zero-order valence-electron chi connectivity index (χ0n) is 11.9. The Hall–Kier alpha value is -2.69. The molecule has 0 unspecified atom stereocenters. The monoisotopic (exact) mass is 301 g/mol. The molecule has 0 saturated heterocycles. The van der Waals surface area contributed by atoms with Crippen LogP contribution in [0.4, 0.5) is 4.39 Å². The summed E-state index contributed by atoms with van der Waals surface area (Å²) in [6.45, 7) is 0.113. The Morgan fingerprint density at radius 2 is 1.68 bits per heavy atom. The number of ether oxygens (including phenoxy) is 1. The Bertz CT molecular complexity index is 626. The number of nitrogens with one attached hydrogen (secondary N) is 1. The van der Waals surface area contributed by atoms with E-state index in [-0.39, 0.29) is 18.1 Å². The highest BCUT2D eigenvalue weighted by atomic mass is 19.1. The van der Waals surface area contributed by atoms with Crippen molar-refractivity contribution in [2.24, 2.45) is 0 Å². The fourth-order valence-electron chi connectivity index (χ4n) is 1.84. The largest absolute Gasteiger partial charge is 0.452 e.